The molecule has 4 aromatic rings. The van der Waals surface area contributed by atoms with Gasteiger partial charge in [0, 0.05) is 36.5 Å². The molecule has 0 aliphatic carbocycles. The number of unbranched alkanes of at least 4 members (excludes halogenated alkanes) is 1. The Morgan fingerprint density at radius 3 is 2.54 bits per heavy atom. The second-order valence-corrected chi connectivity index (χ2v) is 9.50. The van der Waals surface area contributed by atoms with Crippen LogP contribution in [0.2, 0.25) is 5.02 Å². The van der Waals surface area contributed by atoms with Gasteiger partial charge in [0.15, 0.2) is 0 Å². The molecule has 1 amide bonds. The molecule has 8 heteroatoms. The van der Waals surface area contributed by atoms with Crippen LogP contribution in [0.4, 0.5) is 5.69 Å². The number of methoxy groups -OCH3 is 2. The van der Waals surface area contributed by atoms with Gasteiger partial charge in [0.05, 0.1) is 37.5 Å². The third-order valence-corrected chi connectivity index (χ3v) is 6.96. The van der Waals surface area contributed by atoms with Crippen molar-refractivity contribution in [2.24, 2.45) is 0 Å². The highest BCUT2D eigenvalue weighted by atomic mass is 35.5. The fourth-order valence-corrected chi connectivity index (χ4v) is 4.98. The molecule has 37 heavy (non-hydrogen) atoms. The predicted molar refractivity (Wildman–Crippen MR) is 145 cm³/mol. The van der Waals surface area contributed by atoms with E-state index < -0.39 is 0 Å². The molecule has 1 fully saturated rings. The highest BCUT2D eigenvalue weighted by molar-refractivity contribution is 6.30. The van der Waals surface area contributed by atoms with Gasteiger partial charge in [-0.25, -0.2) is 4.98 Å². The summed E-state index contributed by atoms with van der Waals surface area (Å²) >= 11 is 5.95. The van der Waals surface area contributed by atoms with Gasteiger partial charge in [-0.2, -0.15) is 0 Å². The summed E-state index contributed by atoms with van der Waals surface area (Å²) in [5.41, 5.74) is 2.75. The number of benzene rings is 3. The molecule has 3 aromatic carbocycles. The number of ether oxygens (including phenoxy) is 3. The van der Waals surface area contributed by atoms with Crippen LogP contribution in [0.1, 0.15) is 31.0 Å². The van der Waals surface area contributed by atoms with Crippen molar-refractivity contribution < 1.29 is 19.0 Å². The number of aromatic nitrogens is 2. The van der Waals surface area contributed by atoms with E-state index in [2.05, 4.69) is 10.6 Å². The number of hydrogen-bond donors (Lipinski definition) is 0. The monoisotopic (exact) mass is 519 g/mol. The molecular weight excluding hydrogens is 490 g/mol. The van der Waals surface area contributed by atoms with Crippen LogP contribution in [-0.4, -0.2) is 42.8 Å². The lowest BCUT2D eigenvalue weighted by atomic mass is 10.1. The van der Waals surface area contributed by atoms with E-state index >= 15 is 0 Å². The van der Waals surface area contributed by atoms with Crippen molar-refractivity contribution in [2.45, 2.75) is 31.7 Å². The normalized spacial score (nSPS) is 15.4. The topological polar surface area (TPSA) is 65.8 Å². The van der Waals surface area contributed by atoms with Gasteiger partial charge < -0.3 is 23.7 Å². The maximum Gasteiger partial charge on any atom is 0.227 e. The Bertz CT molecular complexity index is 1390. The minimum absolute atomic E-state index is 0.0267. The fourth-order valence-electron chi connectivity index (χ4n) is 4.85. The zero-order chi connectivity index (χ0) is 25.8. The van der Waals surface area contributed by atoms with Crippen molar-refractivity contribution in [3.05, 3.63) is 77.6 Å². The largest absolute Gasteiger partial charge is 0.497 e. The zero-order valence-corrected chi connectivity index (χ0v) is 21.8. The Morgan fingerprint density at radius 2 is 1.76 bits per heavy atom. The summed E-state index contributed by atoms with van der Waals surface area (Å²) in [5.74, 6) is 3.10. The second-order valence-electron chi connectivity index (χ2n) is 9.06. The van der Waals surface area contributed by atoms with Crippen LogP contribution in [0.15, 0.2) is 66.7 Å². The minimum atomic E-state index is -0.0267. The van der Waals surface area contributed by atoms with E-state index in [0.29, 0.717) is 36.1 Å². The fraction of sp³-hybridized carbons (Fsp3) is 0.310. The maximum atomic E-state index is 13.2. The molecular formula is C29H30ClN3O4. The Hall–Kier alpha value is -3.71. The van der Waals surface area contributed by atoms with Gasteiger partial charge >= 0.3 is 0 Å². The number of carbonyl (C=O) groups excluding carboxylic acids is 1. The van der Waals surface area contributed by atoms with Crippen LogP contribution >= 0.6 is 11.6 Å². The Kier molecular flexibility index (Phi) is 7.51. The van der Waals surface area contributed by atoms with E-state index in [1.807, 2.05) is 60.7 Å². The molecule has 0 bridgehead atoms. The van der Waals surface area contributed by atoms with Crippen LogP contribution in [0, 0.1) is 0 Å². The van der Waals surface area contributed by atoms with Crippen LogP contribution in [-0.2, 0) is 11.3 Å². The molecule has 192 valence electrons. The highest BCUT2D eigenvalue weighted by Crippen LogP contribution is 2.39. The van der Waals surface area contributed by atoms with E-state index in [4.69, 9.17) is 30.8 Å². The summed E-state index contributed by atoms with van der Waals surface area (Å²) in [6.07, 6.45) is 2.21. The predicted octanol–water partition coefficient (Wildman–Crippen LogP) is 6.09. The molecule has 0 radical (unpaired) electrons. The summed E-state index contributed by atoms with van der Waals surface area (Å²) in [6.45, 7) is 1.95. The molecule has 0 saturated carbocycles. The summed E-state index contributed by atoms with van der Waals surface area (Å²) in [7, 11) is 3.22. The summed E-state index contributed by atoms with van der Waals surface area (Å²) in [6, 6.07) is 21.1. The van der Waals surface area contributed by atoms with Gasteiger partial charge in [-0.3, -0.25) is 4.79 Å². The minimum Gasteiger partial charge on any atom is -0.497 e. The number of nitrogens with zero attached hydrogens (tertiary/aromatic N) is 3. The van der Waals surface area contributed by atoms with E-state index in [-0.39, 0.29) is 11.8 Å². The SMILES string of the molecule is COc1ccc(OC)c(N2CC(c3nc4ccccc4n3CCCCOc3ccc(Cl)cc3)CC2=O)c1. The molecule has 0 spiro atoms. The number of carbonyl (C=O) groups is 1. The number of fused-ring (bicyclic) bond motifs is 1. The second kappa shape index (κ2) is 11.1. The average molecular weight is 520 g/mol. The van der Waals surface area contributed by atoms with Crippen LogP contribution < -0.4 is 19.1 Å². The number of hydrogen-bond acceptors (Lipinski definition) is 5. The number of halogens is 1. The summed E-state index contributed by atoms with van der Waals surface area (Å²) < 4.78 is 19.1. The van der Waals surface area contributed by atoms with E-state index in [1.165, 1.54) is 0 Å². The van der Waals surface area contributed by atoms with Crippen molar-refractivity contribution in [3.63, 3.8) is 0 Å². The summed E-state index contributed by atoms with van der Waals surface area (Å²) in [5, 5.41) is 0.695. The smallest absolute Gasteiger partial charge is 0.227 e. The Balaban J connectivity index is 1.32. The quantitative estimate of drug-likeness (QED) is 0.237. The van der Waals surface area contributed by atoms with Gasteiger partial charge in [0.2, 0.25) is 5.91 Å². The van der Waals surface area contributed by atoms with Crippen molar-refractivity contribution in [1.82, 2.24) is 9.55 Å². The molecule has 1 saturated heterocycles. The lowest BCUT2D eigenvalue weighted by Crippen LogP contribution is -2.25. The molecule has 5 rings (SSSR count). The first kappa shape index (κ1) is 25.0. The van der Waals surface area contributed by atoms with E-state index in [1.54, 1.807) is 19.1 Å². The van der Waals surface area contributed by atoms with Gasteiger partial charge in [-0.15, -0.1) is 0 Å². The molecule has 1 aliphatic heterocycles. The maximum absolute atomic E-state index is 13.2. The lowest BCUT2D eigenvalue weighted by Gasteiger charge is -2.20. The summed E-state index contributed by atoms with van der Waals surface area (Å²) in [4.78, 5) is 19.9. The van der Waals surface area contributed by atoms with Crippen molar-refractivity contribution >= 4 is 34.2 Å². The molecule has 7 nitrogen and oxygen atoms in total. The standard InChI is InChI=1S/C29H30ClN3O4/c1-35-23-13-14-27(36-2)26(18-23)33-19-20(17-28(33)34)29-31-24-7-3-4-8-25(24)32(29)15-5-6-16-37-22-11-9-21(30)10-12-22/h3-4,7-14,18,20H,5-6,15-17,19H2,1-2H3. The number of aryl methyl sites for hydroxylation is 1. The van der Waals surface area contributed by atoms with E-state index in [9.17, 15) is 4.79 Å². The van der Waals surface area contributed by atoms with E-state index in [0.717, 1.165) is 47.7 Å². The third kappa shape index (κ3) is 5.37. The van der Waals surface area contributed by atoms with Crippen LogP contribution in [0.3, 0.4) is 0 Å². The van der Waals surface area contributed by atoms with Crippen molar-refractivity contribution in [1.29, 1.82) is 0 Å². The Morgan fingerprint density at radius 1 is 0.973 bits per heavy atom. The number of amides is 1. The molecule has 1 aromatic heterocycles. The zero-order valence-electron chi connectivity index (χ0n) is 21.0. The van der Waals surface area contributed by atoms with Crippen LogP contribution in [0.5, 0.6) is 17.2 Å². The van der Waals surface area contributed by atoms with Crippen molar-refractivity contribution in [3.8, 4) is 17.2 Å². The van der Waals surface area contributed by atoms with Gasteiger partial charge in [0.25, 0.3) is 0 Å². The molecule has 1 aliphatic rings. The number of imidazole rings is 1. The van der Waals surface area contributed by atoms with Crippen molar-refractivity contribution in [2.75, 3.05) is 32.3 Å². The van der Waals surface area contributed by atoms with Gasteiger partial charge in [0.1, 0.15) is 23.1 Å². The molecule has 1 unspecified atom stereocenters. The first-order chi connectivity index (χ1) is 18.1. The molecule has 0 N–H and O–H groups in total. The lowest BCUT2D eigenvalue weighted by molar-refractivity contribution is -0.117. The van der Waals surface area contributed by atoms with Gasteiger partial charge in [-0.1, -0.05) is 23.7 Å². The number of rotatable bonds is 10. The Labute approximate surface area is 221 Å². The molecule has 2 heterocycles. The molecule has 1 atom stereocenters. The first-order valence-electron chi connectivity index (χ1n) is 12.4. The highest BCUT2D eigenvalue weighted by Gasteiger charge is 2.36. The number of para-hydroxylation sites is 2. The number of anilines is 1. The van der Waals surface area contributed by atoms with Crippen LogP contribution in [0.25, 0.3) is 11.0 Å². The van der Waals surface area contributed by atoms with Gasteiger partial charge in [-0.05, 0) is 61.4 Å². The first-order valence-corrected chi connectivity index (χ1v) is 12.8. The third-order valence-electron chi connectivity index (χ3n) is 6.71. The average Bonchev–Trinajstić information content (AvgIpc) is 3.49.